The summed E-state index contributed by atoms with van der Waals surface area (Å²) in [5.74, 6) is 0.0957. The van der Waals surface area contributed by atoms with Gasteiger partial charge in [-0.15, -0.1) is 0 Å². The van der Waals surface area contributed by atoms with Crippen molar-refractivity contribution >= 4 is 11.6 Å². The van der Waals surface area contributed by atoms with Gasteiger partial charge in [-0.3, -0.25) is 9.59 Å². The van der Waals surface area contributed by atoms with Crippen LogP contribution in [0.4, 0.5) is 0 Å². The topological polar surface area (TPSA) is 43.4 Å². The summed E-state index contributed by atoms with van der Waals surface area (Å²) in [7, 11) is 1.49. The lowest BCUT2D eigenvalue weighted by Crippen LogP contribution is -2.30. The van der Waals surface area contributed by atoms with Crippen LogP contribution >= 0.6 is 0 Å². The fourth-order valence-corrected chi connectivity index (χ4v) is 3.86. The monoisotopic (exact) mass is 342 g/mol. The molecule has 0 heterocycles. The molecule has 0 aromatic carbocycles. The molecule has 0 saturated heterocycles. The highest BCUT2D eigenvalue weighted by atomic mass is 16.5. The van der Waals surface area contributed by atoms with Crippen molar-refractivity contribution in [2.45, 2.75) is 59.3 Å². The van der Waals surface area contributed by atoms with Gasteiger partial charge >= 0.3 is 0 Å². The minimum Gasteiger partial charge on any atom is -0.492 e. The van der Waals surface area contributed by atoms with Crippen LogP contribution in [0, 0.1) is 11.8 Å². The molecular weight excluding hydrogens is 312 g/mol. The molecule has 0 saturated carbocycles. The molecule has 25 heavy (non-hydrogen) atoms. The van der Waals surface area contributed by atoms with Crippen molar-refractivity contribution in [1.82, 2.24) is 0 Å². The van der Waals surface area contributed by atoms with Crippen LogP contribution in [0.2, 0.25) is 0 Å². The molecule has 0 aliphatic heterocycles. The Morgan fingerprint density at radius 2 is 2.04 bits per heavy atom. The molecule has 136 valence electrons. The van der Waals surface area contributed by atoms with E-state index >= 15 is 0 Å². The highest BCUT2D eigenvalue weighted by Gasteiger charge is 2.37. The summed E-state index contributed by atoms with van der Waals surface area (Å²) in [5, 5.41) is 0. The Labute approximate surface area is 151 Å². The van der Waals surface area contributed by atoms with Crippen LogP contribution in [0.25, 0.3) is 0 Å². The number of ether oxygens (including phenoxy) is 1. The summed E-state index contributed by atoms with van der Waals surface area (Å²) in [6.07, 6.45) is 9.33. The quantitative estimate of drug-likeness (QED) is 0.367. The smallest absolute Gasteiger partial charge is 0.224 e. The zero-order valence-corrected chi connectivity index (χ0v) is 16.0. The third-order valence-electron chi connectivity index (χ3n) is 5.28. The van der Waals surface area contributed by atoms with Crippen molar-refractivity contribution in [1.29, 1.82) is 0 Å². The molecule has 0 N–H and O–H groups in total. The van der Waals surface area contributed by atoms with Gasteiger partial charge in [0.05, 0.1) is 12.7 Å². The molecule has 0 spiro atoms. The first-order valence-corrected chi connectivity index (χ1v) is 9.31. The number of ketones is 2. The van der Waals surface area contributed by atoms with E-state index in [1.54, 1.807) is 6.08 Å². The van der Waals surface area contributed by atoms with Gasteiger partial charge in [0.25, 0.3) is 0 Å². The molecular formula is C22H30O3. The summed E-state index contributed by atoms with van der Waals surface area (Å²) < 4.78 is 5.45. The fraction of sp³-hybridized carbons (Fsp3) is 0.545. The summed E-state index contributed by atoms with van der Waals surface area (Å²) in [6.45, 7) is 10.3. The van der Waals surface area contributed by atoms with Gasteiger partial charge in [-0.1, -0.05) is 43.6 Å². The van der Waals surface area contributed by atoms with Crippen molar-refractivity contribution in [3.8, 4) is 0 Å². The summed E-state index contributed by atoms with van der Waals surface area (Å²) in [6, 6.07) is 0. The van der Waals surface area contributed by atoms with Gasteiger partial charge in [0.1, 0.15) is 0 Å². The van der Waals surface area contributed by atoms with E-state index in [-0.39, 0.29) is 29.2 Å². The molecule has 0 aromatic rings. The number of hydrogen-bond donors (Lipinski definition) is 0. The van der Waals surface area contributed by atoms with Crippen molar-refractivity contribution < 1.29 is 14.3 Å². The Morgan fingerprint density at radius 1 is 1.32 bits per heavy atom. The molecule has 0 aromatic heterocycles. The maximum atomic E-state index is 12.9. The summed E-state index contributed by atoms with van der Waals surface area (Å²) in [5.41, 5.74) is 3.40. The molecule has 0 amide bonds. The second kappa shape index (κ2) is 8.46. The number of rotatable bonds is 7. The highest BCUT2D eigenvalue weighted by Crippen LogP contribution is 2.40. The third-order valence-corrected chi connectivity index (χ3v) is 5.28. The number of allylic oxidation sites excluding steroid dienone is 6. The SMILES string of the molecule is C=C(C)[C@@H]1CCC(C)=C[C@H]1C1=C(OC)C(=O)C(CCCCC)=CC1=O. The van der Waals surface area contributed by atoms with E-state index in [1.165, 1.54) is 12.7 Å². The second-order valence-electron chi connectivity index (χ2n) is 7.30. The van der Waals surface area contributed by atoms with E-state index in [4.69, 9.17) is 4.74 Å². The number of carbonyl (C=O) groups excluding carboxylic acids is 2. The van der Waals surface area contributed by atoms with Crippen LogP contribution in [0.1, 0.15) is 59.3 Å². The van der Waals surface area contributed by atoms with E-state index in [2.05, 4.69) is 26.5 Å². The van der Waals surface area contributed by atoms with Gasteiger partial charge in [-0.25, -0.2) is 0 Å². The van der Waals surface area contributed by atoms with Crippen LogP contribution < -0.4 is 0 Å². The maximum Gasteiger partial charge on any atom is 0.224 e. The van der Waals surface area contributed by atoms with Crippen LogP contribution in [0.3, 0.4) is 0 Å². The summed E-state index contributed by atoms with van der Waals surface area (Å²) in [4.78, 5) is 25.8. The lowest BCUT2D eigenvalue weighted by Gasteiger charge is -2.33. The second-order valence-corrected chi connectivity index (χ2v) is 7.30. The minimum atomic E-state index is -0.120. The number of carbonyl (C=O) groups is 2. The minimum absolute atomic E-state index is 0.0786. The first-order valence-electron chi connectivity index (χ1n) is 9.31. The molecule has 0 bridgehead atoms. The molecule has 3 nitrogen and oxygen atoms in total. The van der Waals surface area contributed by atoms with Crippen LogP contribution in [-0.2, 0) is 14.3 Å². The first kappa shape index (κ1) is 19.4. The number of Topliss-reactive ketones (excluding diaryl/α,β-unsaturated/α-hetero) is 1. The molecule has 0 radical (unpaired) electrons. The average Bonchev–Trinajstić information content (AvgIpc) is 2.57. The Kier molecular flexibility index (Phi) is 6.57. The molecule has 2 atom stereocenters. The Balaban J connectivity index is 2.40. The molecule has 2 aliphatic rings. The first-order chi connectivity index (χ1) is 11.9. The van der Waals surface area contributed by atoms with Crippen molar-refractivity contribution in [2.75, 3.05) is 7.11 Å². The van der Waals surface area contributed by atoms with E-state index in [0.29, 0.717) is 17.6 Å². The number of unbranched alkanes of at least 4 members (excludes halogenated alkanes) is 2. The van der Waals surface area contributed by atoms with Gasteiger partial charge < -0.3 is 4.74 Å². The van der Waals surface area contributed by atoms with E-state index in [0.717, 1.165) is 37.7 Å². The zero-order chi connectivity index (χ0) is 18.6. The molecule has 2 rings (SSSR count). The van der Waals surface area contributed by atoms with Gasteiger partial charge in [0.2, 0.25) is 5.78 Å². The Hall–Kier alpha value is -1.90. The fourth-order valence-electron chi connectivity index (χ4n) is 3.86. The van der Waals surface area contributed by atoms with Gasteiger partial charge in [0, 0.05) is 11.5 Å². The third kappa shape index (κ3) is 4.20. The largest absolute Gasteiger partial charge is 0.492 e. The standard InChI is InChI=1S/C22H30O3/c1-6-7-8-9-16-13-19(23)20(22(25-5)21(16)24)18-12-15(4)10-11-17(18)14(2)3/h12-13,17-18H,2,6-11H2,1,3-5H3/t17-,18+/m0/s1. The molecule has 2 aliphatic carbocycles. The lowest BCUT2D eigenvalue weighted by molar-refractivity contribution is -0.118. The van der Waals surface area contributed by atoms with E-state index < -0.39 is 0 Å². The Morgan fingerprint density at radius 3 is 2.64 bits per heavy atom. The predicted molar refractivity (Wildman–Crippen MR) is 101 cm³/mol. The van der Waals surface area contributed by atoms with Crippen molar-refractivity contribution in [3.05, 3.63) is 46.8 Å². The van der Waals surface area contributed by atoms with Crippen molar-refractivity contribution in [3.63, 3.8) is 0 Å². The lowest BCUT2D eigenvalue weighted by atomic mass is 9.71. The van der Waals surface area contributed by atoms with Crippen LogP contribution in [0.15, 0.2) is 46.8 Å². The van der Waals surface area contributed by atoms with Gasteiger partial charge in [-0.05, 0) is 51.5 Å². The molecule has 0 unspecified atom stereocenters. The predicted octanol–water partition coefficient (Wildman–Crippen LogP) is 5.09. The van der Waals surface area contributed by atoms with Crippen molar-refractivity contribution in [2.24, 2.45) is 11.8 Å². The van der Waals surface area contributed by atoms with Gasteiger partial charge in [0.15, 0.2) is 11.5 Å². The molecule has 3 heteroatoms. The number of methoxy groups -OCH3 is 1. The number of hydrogen-bond acceptors (Lipinski definition) is 3. The van der Waals surface area contributed by atoms with Crippen LogP contribution in [-0.4, -0.2) is 18.7 Å². The normalized spacial score (nSPS) is 24.2. The molecule has 0 fully saturated rings. The highest BCUT2D eigenvalue weighted by molar-refractivity contribution is 6.22. The van der Waals surface area contributed by atoms with E-state index in [9.17, 15) is 9.59 Å². The van der Waals surface area contributed by atoms with Crippen LogP contribution in [0.5, 0.6) is 0 Å². The zero-order valence-electron chi connectivity index (χ0n) is 16.0. The average molecular weight is 342 g/mol. The van der Waals surface area contributed by atoms with Gasteiger partial charge in [-0.2, -0.15) is 0 Å². The Bertz CT molecular complexity index is 661. The maximum absolute atomic E-state index is 12.9. The van der Waals surface area contributed by atoms with E-state index in [1.807, 2.05) is 6.92 Å². The summed E-state index contributed by atoms with van der Waals surface area (Å²) >= 11 is 0.